The van der Waals surface area contributed by atoms with E-state index in [0.717, 1.165) is 19.3 Å². The number of alkyl halides is 1. The Bertz CT molecular complexity index is 781. The number of aromatic nitrogens is 2. The Kier molecular flexibility index (Phi) is 5.78. The van der Waals surface area contributed by atoms with Gasteiger partial charge < -0.3 is 20.1 Å². The summed E-state index contributed by atoms with van der Waals surface area (Å²) in [4.78, 5) is 34.6. The van der Waals surface area contributed by atoms with Crippen molar-refractivity contribution >= 4 is 35.4 Å². The standard InChI is InChI=1S/C19H26ClN5O4/c1-10(22-18-21-4-3-16(24-18)25-5-6-29-19(25)27)12-7-11-8-13(20)15(28-2)9-14(11)23-17(12)26/h3-4,10-15H,5-9H2,1-2H3,(H,23,26)(H,21,22,24). The van der Waals surface area contributed by atoms with Crippen molar-refractivity contribution in [3.63, 3.8) is 0 Å². The van der Waals surface area contributed by atoms with Gasteiger partial charge in [-0.25, -0.2) is 9.78 Å². The maximum absolute atomic E-state index is 12.7. The molecule has 6 unspecified atom stereocenters. The van der Waals surface area contributed by atoms with Crippen molar-refractivity contribution in [2.45, 2.75) is 49.8 Å². The van der Waals surface area contributed by atoms with Gasteiger partial charge in [0.15, 0.2) is 0 Å². The number of nitrogens with zero attached hydrogens (tertiary/aromatic N) is 3. The molecule has 2 aliphatic heterocycles. The van der Waals surface area contributed by atoms with Gasteiger partial charge in [0.05, 0.1) is 23.9 Å². The summed E-state index contributed by atoms with van der Waals surface area (Å²) in [5.74, 6) is 0.982. The minimum absolute atomic E-state index is 0.0217. The zero-order chi connectivity index (χ0) is 20.5. The molecule has 0 spiro atoms. The fourth-order valence-corrected chi connectivity index (χ4v) is 4.94. The number of methoxy groups -OCH3 is 1. The van der Waals surface area contributed by atoms with Crippen LogP contribution in [0.3, 0.4) is 0 Å². The van der Waals surface area contributed by atoms with Crippen LogP contribution in [0.2, 0.25) is 0 Å². The number of carbonyl (C=O) groups excluding carboxylic acids is 2. The minimum Gasteiger partial charge on any atom is -0.447 e. The van der Waals surface area contributed by atoms with E-state index in [2.05, 4.69) is 20.6 Å². The Labute approximate surface area is 174 Å². The van der Waals surface area contributed by atoms with Gasteiger partial charge in [-0.1, -0.05) is 0 Å². The molecule has 1 saturated carbocycles. The van der Waals surface area contributed by atoms with E-state index in [1.807, 2.05) is 6.92 Å². The van der Waals surface area contributed by atoms with E-state index in [4.69, 9.17) is 21.1 Å². The summed E-state index contributed by atoms with van der Waals surface area (Å²) >= 11 is 6.47. The van der Waals surface area contributed by atoms with Gasteiger partial charge in [0.25, 0.3) is 0 Å². The Morgan fingerprint density at radius 2 is 2.21 bits per heavy atom. The molecule has 3 heterocycles. The maximum atomic E-state index is 12.7. The van der Waals surface area contributed by atoms with Crippen LogP contribution in [-0.4, -0.2) is 65.8 Å². The summed E-state index contributed by atoms with van der Waals surface area (Å²) in [6.45, 7) is 2.75. The second kappa shape index (κ2) is 8.31. The molecule has 3 aliphatic rings. The zero-order valence-electron chi connectivity index (χ0n) is 16.5. The van der Waals surface area contributed by atoms with Crippen LogP contribution >= 0.6 is 11.6 Å². The molecule has 2 N–H and O–H groups in total. The number of hydrogen-bond acceptors (Lipinski definition) is 7. The molecule has 9 nitrogen and oxygen atoms in total. The highest BCUT2D eigenvalue weighted by atomic mass is 35.5. The van der Waals surface area contributed by atoms with Gasteiger partial charge >= 0.3 is 6.09 Å². The second-order valence-electron chi connectivity index (χ2n) is 7.92. The van der Waals surface area contributed by atoms with Crippen LogP contribution in [0, 0.1) is 11.8 Å². The van der Waals surface area contributed by atoms with Crippen LogP contribution in [-0.2, 0) is 14.3 Å². The summed E-state index contributed by atoms with van der Waals surface area (Å²) in [7, 11) is 1.66. The molecule has 1 aromatic heterocycles. The van der Waals surface area contributed by atoms with Crippen LogP contribution in [0.5, 0.6) is 0 Å². The van der Waals surface area contributed by atoms with Gasteiger partial charge in [-0.2, -0.15) is 4.98 Å². The number of hydrogen-bond donors (Lipinski definition) is 2. The quantitative estimate of drug-likeness (QED) is 0.695. The maximum Gasteiger partial charge on any atom is 0.415 e. The van der Waals surface area contributed by atoms with Crippen LogP contribution < -0.4 is 15.5 Å². The molecule has 6 atom stereocenters. The summed E-state index contributed by atoms with van der Waals surface area (Å²) < 4.78 is 10.4. The normalized spacial score (nSPS) is 32.9. The number of cyclic esters (lactones) is 1. The van der Waals surface area contributed by atoms with E-state index in [9.17, 15) is 9.59 Å². The van der Waals surface area contributed by atoms with Crippen LogP contribution in [0.1, 0.15) is 26.2 Å². The van der Waals surface area contributed by atoms with Crippen molar-refractivity contribution < 1.29 is 19.1 Å². The molecule has 2 amide bonds. The molecule has 0 aromatic carbocycles. The molecule has 1 aliphatic carbocycles. The van der Waals surface area contributed by atoms with E-state index in [1.165, 1.54) is 4.90 Å². The predicted octanol–water partition coefficient (Wildman–Crippen LogP) is 1.77. The largest absolute Gasteiger partial charge is 0.447 e. The highest BCUT2D eigenvalue weighted by molar-refractivity contribution is 6.21. The van der Waals surface area contributed by atoms with Gasteiger partial charge in [-0.3, -0.25) is 9.69 Å². The Morgan fingerprint density at radius 3 is 2.93 bits per heavy atom. The molecule has 158 valence electrons. The number of anilines is 2. The van der Waals surface area contributed by atoms with Gasteiger partial charge in [0.1, 0.15) is 12.4 Å². The molecular weight excluding hydrogens is 398 g/mol. The number of fused-ring (bicyclic) bond motifs is 1. The average molecular weight is 424 g/mol. The Hall–Kier alpha value is -2.13. The highest BCUT2D eigenvalue weighted by Crippen LogP contribution is 2.38. The fourth-order valence-electron chi connectivity index (χ4n) is 4.51. The molecular formula is C19H26ClN5O4. The number of halogens is 1. The number of ether oxygens (including phenoxy) is 2. The number of carbonyl (C=O) groups is 2. The topological polar surface area (TPSA) is 106 Å². The molecule has 10 heteroatoms. The lowest BCUT2D eigenvalue weighted by atomic mass is 9.73. The lowest BCUT2D eigenvalue weighted by Crippen LogP contribution is -2.57. The van der Waals surface area contributed by atoms with Crippen molar-refractivity contribution in [1.29, 1.82) is 0 Å². The first-order valence-corrected chi connectivity index (χ1v) is 10.4. The predicted molar refractivity (Wildman–Crippen MR) is 107 cm³/mol. The van der Waals surface area contributed by atoms with Crippen molar-refractivity contribution in [3.8, 4) is 0 Å². The highest BCUT2D eigenvalue weighted by Gasteiger charge is 2.44. The first-order chi connectivity index (χ1) is 14.0. The number of nitrogens with one attached hydrogen (secondary N) is 2. The van der Waals surface area contributed by atoms with Crippen molar-refractivity contribution in [2.75, 3.05) is 30.5 Å². The molecule has 29 heavy (non-hydrogen) atoms. The monoisotopic (exact) mass is 423 g/mol. The van der Waals surface area contributed by atoms with E-state index >= 15 is 0 Å². The smallest absolute Gasteiger partial charge is 0.415 e. The molecule has 0 radical (unpaired) electrons. The zero-order valence-corrected chi connectivity index (χ0v) is 17.3. The summed E-state index contributed by atoms with van der Waals surface area (Å²) in [6.07, 6.45) is 3.46. The van der Waals surface area contributed by atoms with Crippen molar-refractivity contribution in [3.05, 3.63) is 12.3 Å². The lowest BCUT2D eigenvalue weighted by molar-refractivity contribution is -0.131. The first-order valence-electron chi connectivity index (χ1n) is 9.97. The lowest BCUT2D eigenvalue weighted by Gasteiger charge is -2.44. The molecule has 1 aromatic rings. The molecule has 2 saturated heterocycles. The van der Waals surface area contributed by atoms with Crippen molar-refractivity contribution in [1.82, 2.24) is 15.3 Å². The van der Waals surface area contributed by atoms with E-state index in [-0.39, 0.29) is 35.4 Å². The minimum atomic E-state index is -0.414. The number of rotatable bonds is 5. The Balaban J connectivity index is 1.42. The second-order valence-corrected chi connectivity index (χ2v) is 8.48. The summed E-state index contributed by atoms with van der Waals surface area (Å²) in [6, 6.07) is 1.59. The van der Waals surface area contributed by atoms with E-state index in [1.54, 1.807) is 19.4 Å². The van der Waals surface area contributed by atoms with Crippen molar-refractivity contribution in [2.24, 2.45) is 11.8 Å². The average Bonchev–Trinajstić information content (AvgIpc) is 3.13. The molecule has 3 fully saturated rings. The Morgan fingerprint density at radius 1 is 1.38 bits per heavy atom. The third-order valence-electron chi connectivity index (χ3n) is 6.15. The van der Waals surface area contributed by atoms with E-state index < -0.39 is 6.09 Å². The SMILES string of the molecule is COC1CC2NC(=O)C(C(C)Nc3nccc(N4CCOC4=O)n3)CC2CC1Cl. The molecule has 4 rings (SSSR count). The van der Waals surface area contributed by atoms with Gasteiger partial charge in [0.2, 0.25) is 11.9 Å². The van der Waals surface area contributed by atoms with E-state index in [0.29, 0.717) is 30.8 Å². The third kappa shape index (κ3) is 4.11. The third-order valence-corrected chi connectivity index (χ3v) is 6.61. The van der Waals surface area contributed by atoms with Gasteiger partial charge in [0, 0.05) is 25.4 Å². The van der Waals surface area contributed by atoms with Gasteiger partial charge in [-0.05, 0) is 38.2 Å². The summed E-state index contributed by atoms with van der Waals surface area (Å²) in [5, 5.41) is 6.34. The molecule has 0 bridgehead atoms. The first kappa shape index (κ1) is 20.2. The van der Waals surface area contributed by atoms with Crippen LogP contribution in [0.4, 0.5) is 16.6 Å². The van der Waals surface area contributed by atoms with Crippen LogP contribution in [0.15, 0.2) is 12.3 Å². The van der Waals surface area contributed by atoms with Crippen LogP contribution in [0.25, 0.3) is 0 Å². The fraction of sp³-hybridized carbons (Fsp3) is 0.684. The number of amides is 2. The summed E-state index contributed by atoms with van der Waals surface area (Å²) in [5.41, 5.74) is 0. The van der Waals surface area contributed by atoms with Gasteiger partial charge in [-0.15, -0.1) is 11.6 Å². The number of piperidine rings is 1.